The van der Waals surface area contributed by atoms with Crippen molar-refractivity contribution < 1.29 is 14.1 Å². The van der Waals surface area contributed by atoms with Crippen LogP contribution in [0.4, 0.5) is 5.69 Å². The van der Waals surface area contributed by atoms with Gasteiger partial charge in [0.2, 0.25) is 5.91 Å². The van der Waals surface area contributed by atoms with E-state index in [1.54, 1.807) is 0 Å². The fraction of sp³-hybridized carbons (Fsp3) is 0.545. The predicted molar refractivity (Wildman–Crippen MR) is 110 cm³/mol. The van der Waals surface area contributed by atoms with Crippen molar-refractivity contribution in [1.29, 1.82) is 0 Å². The van der Waals surface area contributed by atoms with E-state index in [-0.39, 0.29) is 5.91 Å². The molecule has 0 saturated carbocycles. The molecule has 2 aromatic rings. The van der Waals surface area contributed by atoms with Crippen LogP contribution in [0.1, 0.15) is 24.3 Å². The number of morpholine rings is 1. The highest BCUT2D eigenvalue weighted by atomic mass is 16.5. The van der Waals surface area contributed by atoms with E-state index < -0.39 is 0 Å². The maximum Gasteiger partial charge on any atom is 0.224 e. The summed E-state index contributed by atoms with van der Waals surface area (Å²) in [5.74, 6) is 1.72. The third-order valence-electron chi connectivity index (χ3n) is 5.83. The van der Waals surface area contributed by atoms with Crippen molar-refractivity contribution >= 4 is 11.6 Å². The van der Waals surface area contributed by atoms with Crippen LogP contribution < -0.4 is 10.6 Å². The van der Waals surface area contributed by atoms with E-state index in [1.807, 2.05) is 30.3 Å². The second kappa shape index (κ2) is 10.0. The van der Waals surface area contributed by atoms with Crippen LogP contribution in [0.3, 0.4) is 0 Å². The number of carbonyl (C=O) groups excluding carboxylic acids is 1. The zero-order valence-electron chi connectivity index (χ0n) is 16.8. The largest absolute Gasteiger partial charge is 0.379 e. The molecule has 2 aliphatic rings. The summed E-state index contributed by atoms with van der Waals surface area (Å²) in [6.07, 6.45) is 2.38. The Morgan fingerprint density at radius 1 is 1.21 bits per heavy atom. The third kappa shape index (κ3) is 5.88. The minimum atomic E-state index is 0.0845. The molecule has 2 fully saturated rings. The highest BCUT2D eigenvalue weighted by Gasteiger charge is 2.28. The minimum Gasteiger partial charge on any atom is -0.379 e. The Balaban J connectivity index is 1.31. The first-order valence-corrected chi connectivity index (χ1v) is 10.6. The molecule has 156 valence electrons. The highest BCUT2D eigenvalue weighted by Crippen LogP contribution is 2.27. The molecule has 0 radical (unpaired) electrons. The molecule has 7 nitrogen and oxygen atoms in total. The van der Waals surface area contributed by atoms with Crippen LogP contribution in [0.15, 0.2) is 40.9 Å². The molecule has 0 spiro atoms. The van der Waals surface area contributed by atoms with Crippen LogP contribution in [0.2, 0.25) is 0 Å². The molecule has 1 aromatic heterocycles. The van der Waals surface area contributed by atoms with Crippen LogP contribution in [-0.2, 0) is 22.5 Å². The number of piperidine rings is 1. The van der Waals surface area contributed by atoms with Gasteiger partial charge in [-0.05, 0) is 49.9 Å². The normalized spacial score (nSPS) is 23.0. The average Bonchev–Trinajstić information content (AvgIpc) is 3.18. The van der Waals surface area contributed by atoms with Gasteiger partial charge in [0.05, 0.1) is 25.5 Å². The van der Waals surface area contributed by atoms with Crippen molar-refractivity contribution in [1.82, 2.24) is 15.4 Å². The van der Waals surface area contributed by atoms with Gasteiger partial charge in [-0.1, -0.05) is 23.4 Å². The summed E-state index contributed by atoms with van der Waals surface area (Å²) in [5.41, 5.74) is 1.84. The second-order valence-corrected chi connectivity index (χ2v) is 8.01. The molecule has 1 aromatic carbocycles. The van der Waals surface area contributed by atoms with Crippen LogP contribution in [0.5, 0.6) is 0 Å². The van der Waals surface area contributed by atoms with Crippen LogP contribution in [0.25, 0.3) is 0 Å². The van der Waals surface area contributed by atoms with Gasteiger partial charge >= 0.3 is 0 Å². The van der Waals surface area contributed by atoms with E-state index in [2.05, 4.69) is 26.8 Å². The molecule has 1 amide bonds. The van der Waals surface area contributed by atoms with Crippen molar-refractivity contribution in [2.75, 3.05) is 44.7 Å². The van der Waals surface area contributed by atoms with Gasteiger partial charge < -0.3 is 19.9 Å². The lowest BCUT2D eigenvalue weighted by atomic mass is 9.81. The Morgan fingerprint density at radius 3 is 2.86 bits per heavy atom. The summed E-state index contributed by atoms with van der Waals surface area (Å²) in [7, 11) is 0. The number of aromatic nitrogens is 1. The second-order valence-electron chi connectivity index (χ2n) is 8.01. The van der Waals surface area contributed by atoms with E-state index >= 15 is 0 Å². The van der Waals surface area contributed by atoms with Crippen molar-refractivity contribution in [2.45, 2.75) is 25.8 Å². The molecule has 2 N–H and O–H groups in total. The highest BCUT2D eigenvalue weighted by molar-refractivity contribution is 5.90. The first-order chi connectivity index (χ1) is 14.3. The fourth-order valence-corrected chi connectivity index (χ4v) is 4.23. The van der Waals surface area contributed by atoms with Crippen LogP contribution in [0, 0.1) is 11.8 Å². The van der Waals surface area contributed by atoms with Gasteiger partial charge in [0, 0.05) is 31.3 Å². The molecule has 3 heterocycles. The molecular weight excluding hydrogens is 368 g/mol. The van der Waals surface area contributed by atoms with E-state index in [1.165, 1.54) is 0 Å². The average molecular weight is 399 g/mol. The molecular formula is C22H30N4O3. The van der Waals surface area contributed by atoms with Gasteiger partial charge in [-0.3, -0.25) is 9.69 Å². The maximum absolute atomic E-state index is 12.5. The number of hydrogen-bond donors (Lipinski definition) is 2. The monoisotopic (exact) mass is 398 g/mol. The third-order valence-corrected chi connectivity index (χ3v) is 5.83. The molecule has 2 aliphatic heterocycles. The summed E-state index contributed by atoms with van der Waals surface area (Å²) in [5, 5.41) is 10.8. The first kappa shape index (κ1) is 20.1. The number of benzene rings is 1. The SMILES string of the molecule is O=C(CC1CCNCC1Cc1cc(CN2CCOCC2)on1)Nc1ccccc1. The topological polar surface area (TPSA) is 79.6 Å². The molecule has 7 heteroatoms. The Hall–Kier alpha value is -2.22. The standard InChI is InChI=1S/C22H30N4O3/c27-22(24-19-4-2-1-3-5-19)13-17-6-7-23-15-18(17)12-20-14-21(29-25-20)16-26-8-10-28-11-9-26/h1-5,14,17-18,23H,6-13,15-16H2,(H,24,27). The van der Waals surface area contributed by atoms with Gasteiger partial charge in [0.25, 0.3) is 0 Å². The summed E-state index contributed by atoms with van der Waals surface area (Å²) >= 11 is 0. The summed E-state index contributed by atoms with van der Waals surface area (Å²) < 4.78 is 11.0. The number of nitrogens with zero attached hydrogens (tertiary/aromatic N) is 2. The van der Waals surface area contributed by atoms with Gasteiger partial charge in [-0.25, -0.2) is 0 Å². The summed E-state index contributed by atoms with van der Waals surface area (Å²) in [4.78, 5) is 14.8. The van der Waals surface area contributed by atoms with E-state index in [0.29, 0.717) is 18.3 Å². The molecule has 2 atom stereocenters. The lowest BCUT2D eigenvalue weighted by Crippen LogP contribution is -2.39. The van der Waals surface area contributed by atoms with Crippen molar-refractivity contribution in [3.8, 4) is 0 Å². The number of hydrogen-bond acceptors (Lipinski definition) is 6. The van der Waals surface area contributed by atoms with Crippen molar-refractivity contribution in [3.05, 3.63) is 47.9 Å². The molecule has 2 unspecified atom stereocenters. The minimum absolute atomic E-state index is 0.0845. The Kier molecular flexibility index (Phi) is 6.92. The molecule has 4 rings (SSSR count). The smallest absolute Gasteiger partial charge is 0.224 e. The summed E-state index contributed by atoms with van der Waals surface area (Å²) in [6, 6.07) is 11.7. The molecule has 0 bridgehead atoms. The predicted octanol–water partition coefficient (Wildman–Crippen LogP) is 2.30. The van der Waals surface area contributed by atoms with Crippen LogP contribution in [-0.4, -0.2) is 55.4 Å². The number of rotatable bonds is 7. The molecule has 0 aliphatic carbocycles. The molecule has 29 heavy (non-hydrogen) atoms. The lowest BCUT2D eigenvalue weighted by molar-refractivity contribution is -0.117. The number of para-hydroxylation sites is 1. The molecule has 2 saturated heterocycles. The van der Waals surface area contributed by atoms with Gasteiger partial charge in [-0.15, -0.1) is 0 Å². The van der Waals surface area contributed by atoms with E-state index in [4.69, 9.17) is 9.26 Å². The van der Waals surface area contributed by atoms with Gasteiger partial charge in [0.15, 0.2) is 5.76 Å². The Morgan fingerprint density at radius 2 is 2.03 bits per heavy atom. The zero-order valence-corrected chi connectivity index (χ0v) is 16.8. The van der Waals surface area contributed by atoms with Gasteiger partial charge in [-0.2, -0.15) is 0 Å². The number of nitrogens with one attached hydrogen (secondary N) is 2. The summed E-state index contributed by atoms with van der Waals surface area (Å²) in [6.45, 7) is 6.07. The first-order valence-electron chi connectivity index (χ1n) is 10.6. The van der Waals surface area contributed by atoms with Crippen molar-refractivity contribution in [3.63, 3.8) is 0 Å². The number of carbonyl (C=O) groups is 1. The Bertz CT molecular complexity index is 773. The van der Waals surface area contributed by atoms with Crippen molar-refractivity contribution in [2.24, 2.45) is 11.8 Å². The van der Waals surface area contributed by atoms with Crippen LogP contribution >= 0.6 is 0 Å². The van der Waals surface area contributed by atoms with E-state index in [9.17, 15) is 4.79 Å². The number of ether oxygens (including phenoxy) is 1. The lowest BCUT2D eigenvalue weighted by Gasteiger charge is -2.31. The number of anilines is 1. The quantitative estimate of drug-likeness (QED) is 0.745. The zero-order chi connectivity index (χ0) is 19.9. The maximum atomic E-state index is 12.5. The number of amides is 1. The Labute approximate surface area is 171 Å². The van der Waals surface area contributed by atoms with Gasteiger partial charge in [0.1, 0.15) is 0 Å². The van der Waals surface area contributed by atoms with E-state index in [0.717, 1.165) is 75.9 Å². The fourth-order valence-electron chi connectivity index (χ4n) is 4.23.